The zero-order valence-corrected chi connectivity index (χ0v) is 8.68. The molecule has 1 atom stereocenters. The summed E-state index contributed by atoms with van der Waals surface area (Å²) < 4.78 is 0. The number of urea groups is 1. The monoisotopic (exact) mass is 189 g/mol. The maximum absolute atomic E-state index is 11.3. The van der Waals surface area contributed by atoms with Gasteiger partial charge in [-0.05, 0) is 6.92 Å². The zero-order valence-electron chi connectivity index (χ0n) is 7.87. The van der Waals surface area contributed by atoms with Crippen LogP contribution in [0.5, 0.6) is 0 Å². The first-order chi connectivity index (χ1) is 5.37. The summed E-state index contributed by atoms with van der Waals surface area (Å²) in [6.45, 7) is 1.80. The van der Waals surface area contributed by atoms with E-state index in [4.69, 9.17) is 18.0 Å². The summed E-state index contributed by atoms with van der Waals surface area (Å²) in [7, 11) is 5.04. The lowest BCUT2D eigenvalue weighted by Crippen LogP contribution is -2.46. The molecule has 70 valence electrons. The van der Waals surface area contributed by atoms with E-state index in [9.17, 15) is 4.79 Å². The Morgan fingerprint density at radius 2 is 1.83 bits per heavy atom. The molecule has 4 nitrogen and oxygen atoms in total. The molecule has 0 aromatic carbocycles. The Bertz CT molecular complexity index is 193. The van der Waals surface area contributed by atoms with Crippen molar-refractivity contribution in [2.24, 2.45) is 5.73 Å². The summed E-state index contributed by atoms with van der Waals surface area (Å²) in [5.74, 6) is 0. The van der Waals surface area contributed by atoms with E-state index >= 15 is 0 Å². The largest absolute Gasteiger partial charge is 0.392 e. The first-order valence-corrected chi connectivity index (χ1v) is 4.02. The lowest BCUT2D eigenvalue weighted by Gasteiger charge is -2.26. The predicted octanol–water partition coefficient (Wildman–Crippen LogP) is 0.274. The fourth-order valence-corrected chi connectivity index (χ4v) is 0.830. The molecule has 0 aromatic rings. The Balaban J connectivity index is 4.29. The van der Waals surface area contributed by atoms with Crippen LogP contribution in [0.25, 0.3) is 0 Å². The summed E-state index contributed by atoms with van der Waals surface area (Å²) in [6.07, 6.45) is 0. The molecule has 0 bridgehead atoms. The number of amides is 2. The quantitative estimate of drug-likeness (QED) is 0.635. The first-order valence-electron chi connectivity index (χ1n) is 3.61. The number of carbonyl (C=O) groups excluding carboxylic acids is 1. The van der Waals surface area contributed by atoms with Gasteiger partial charge in [0.1, 0.15) is 0 Å². The Hall–Kier alpha value is -0.840. The van der Waals surface area contributed by atoms with Gasteiger partial charge < -0.3 is 15.5 Å². The van der Waals surface area contributed by atoms with Gasteiger partial charge in [0.2, 0.25) is 0 Å². The minimum Gasteiger partial charge on any atom is -0.392 e. The van der Waals surface area contributed by atoms with Gasteiger partial charge in [-0.3, -0.25) is 0 Å². The van der Waals surface area contributed by atoms with Gasteiger partial charge in [0.25, 0.3) is 0 Å². The molecule has 0 heterocycles. The van der Waals surface area contributed by atoms with Crippen LogP contribution in [0, 0.1) is 0 Å². The van der Waals surface area contributed by atoms with Crippen molar-refractivity contribution in [3.8, 4) is 0 Å². The normalized spacial score (nSPS) is 12.0. The van der Waals surface area contributed by atoms with Crippen molar-refractivity contribution in [2.45, 2.75) is 13.0 Å². The van der Waals surface area contributed by atoms with E-state index in [1.54, 1.807) is 28.1 Å². The average molecular weight is 189 g/mol. The van der Waals surface area contributed by atoms with Crippen LogP contribution in [0.3, 0.4) is 0 Å². The van der Waals surface area contributed by atoms with Crippen LogP contribution in [0.15, 0.2) is 0 Å². The van der Waals surface area contributed by atoms with Crippen LogP contribution in [-0.2, 0) is 0 Å². The van der Waals surface area contributed by atoms with Crippen LogP contribution in [0.2, 0.25) is 0 Å². The second-order valence-electron chi connectivity index (χ2n) is 2.87. The molecule has 2 N–H and O–H groups in total. The Morgan fingerprint density at radius 1 is 1.42 bits per heavy atom. The van der Waals surface area contributed by atoms with E-state index in [1.165, 1.54) is 9.80 Å². The molecule has 0 aliphatic carbocycles. The SMILES string of the molecule is CC(C(N)=S)N(C)C(=O)N(C)C. The number of hydrogen-bond donors (Lipinski definition) is 1. The summed E-state index contributed by atoms with van der Waals surface area (Å²) >= 11 is 4.77. The van der Waals surface area contributed by atoms with Crippen LogP contribution in [0.4, 0.5) is 4.79 Å². The Labute approximate surface area is 78.3 Å². The van der Waals surface area contributed by atoms with Gasteiger partial charge in [-0.2, -0.15) is 0 Å². The molecule has 0 aliphatic heterocycles. The van der Waals surface area contributed by atoms with Crippen LogP contribution < -0.4 is 5.73 Å². The van der Waals surface area contributed by atoms with Crippen molar-refractivity contribution in [1.29, 1.82) is 0 Å². The van der Waals surface area contributed by atoms with E-state index in [1.807, 2.05) is 0 Å². The van der Waals surface area contributed by atoms with E-state index in [0.717, 1.165) is 0 Å². The fraction of sp³-hybridized carbons (Fsp3) is 0.714. The predicted molar refractivity (Wildman–Crippen MR) is 53.1 cm³/mol. The van der Waals surface area contributed by atoms with Crippen molar-refractivity contribution in [1.82, 2.24) is 9.80 Å². The van der Waals surface area contributed by atoms with Crippen LogP contribution in [0.1, 0.15) is 6.92 Å². The fourth-order valence-electron chi connectivity index (χ4n) is 0.672. The highest BCUT2D eigenvalue weighted by molar-refractivity contribution is 7.80. The number of hydrogen-bond acceptors (Lipinski definition) is 2. The molecule has 5 heteroatoms. The Morgan fingerprint density at radius 3 is 2.08 bits per heavy atom. The third-order valence-electron chi connectivity index (χ3n) is 1.68. The van der Waals surface area contributed by atoms with Crippen molar-refractivity contribution < 1.29 is 4.79 Å². The molecule has 0 saturated carbocycles. The number of nitrogens with two attached hydrogens (primary N) is 1. The first kappa shape index (κ1) is 11.2. The molecule has 0 aromatic heterocycles. The summed E-state index contributed by atoms with van der Waals surface area (Å²) in [4.78, 5) is 14.6. The molecular formula is C7H15N3OS. The topological polar surface area (TPSA) is 49.6 Å². The minimum atomic E-state index is -0.199. The molecule has 0 fully saturated rings. The molecule has 0 radical (unpaired) electrons. The van der Waals surface area contributed by atoms with Gasteiger partial charge in [0.15, 0.2) is 0 Å². The zero-order chi connectivity index (χ0) is 9.89. The van der Waals surface area contributed by atoms with Crippen molar-refractivity contribution in [3.05, 3.63) is 0 Å². The molecular weight excluding hydrogens is 174 g/mol. The van der Waals surface area contributed by atoms with E-state index in [0.29, 0.717) is 4.99 Å². The smallest absolute Gasteiger partial charge is 0.319 e. The number of thiocarbonyl (C=S) groups is 1. The number of rotatable bonds is 2. The van der Waals surface area contributed by atoms with Crippen molar-refractivity contribution in [2.75, 3.05) is 21.1 Å². The molecule has 12 heavy (non-hydrogen) atoms. The van der Waals surface area contributed by atoms with Gasteiger partial charge >= 0.3 is 6.03 Å². The average Bonchev–Trinajstić information content (AvgIpc) is 2.00. The minimum absolute atomic E-state index is 0.102. The lowest BCUT2D eigenvalue weighted by atomic mass is 10.3. The second kappa shape index (κ2) is 4.25. The number of likely N-dealkylation sites (N-methyl/N-ethyl adjacent to an activating group) is 1. The maximum atomic E-state index is 11.3. The van der Waals surface area contributed by atoms with Gasteiger partial charge in [-0.15, -0.1) is 0 Å². The highest BCUT2D eigenvalue weighted by atomic mass is 32.1. The number of carbonyl (C=O) groups is 1. The summed E-state index contributed by atoms with van der Waals surface area (Å²) in [6, 6.07) is -0.301. The number of nitrogens with zero attached hydrogens (tertiary/aromatic N) is 2. The van der Waals surface area contributed by atoms with E-state index < -0.39 is 0 Å². The van der Waals surface area contributed by atoms with Crippen molar-refractivity contribution in [3.63, 3.8) is 0 Å². The lowest BCUT2D eigenvalue weighted by molar-refractivity contribution is 0.178. The maximum Gasteiger partial charge on any atom is 0.319 e. The standard InChI is InChI=1S/C7H15N3OS/c1-5(6(8)12)10(4)7(11)9(2)3/h5H,1-4H3,(H2,8,12). The molecule has 0 saturated heterocycles. The van der Waals surface area contributed by atoms with Crippen molar-refractivity contribution >= 4 is 23.2 Å². The summed E-state index contributed by atoms with van der Waals surface area (Å²) in [5, 5.41) is 0. The van der Waals surface area contributed by atoms with Gasteiger partial charge in [0, 0.05) is 21.1 Å². The molecule has 0 aliphatic rings. The Kier molecular flexibility index (Phi) is 3.95. The van der Waals surface area contributed by atoms with Crippen LogP contribution >= 0.6 is 12.2 Å². The molecule has 0 spiro atoms. The molecule has 1 unspecified atom stereocenters. The van der Waals surface area contributed by atoms with E-state index in [2.05, 4.69) is 0 Å². The third kappa shape index (κ3) is 2.65. The molecule has 0 rings (SSSR count). The van der Waals surface area contributed by atoms with Gasteiger partial charge in [-0.1, -0.05) is 12.2 Å². The van der Waals surface area contributed by atoms with Crippen LogP contribution in [-0.4, -0.2) is 48.0 Å². The highest BCUT2D eigenvalue weighted by Gasteiger charge is 2.18. The highest BCUT2D eigenvalue weighted by Crippen LogP contribution is 1.99. The van der Waals surface area contributed by atoms with E-state index in [-0.39, 0.29) is 12.1 Å². The summed E-state index contributed by atoms with van der Waals surface area (Å²) in [5.41, 5.74) is 5.39. The third-order valence-corrected chi connectivity index (χ3v) is 2.02. The van der Waals surface area contributed by atoms with Gasteiger partial charge in [-0.25, -0.2) is 4.79 Å². The van der Waals surface area contributed by atoms with Gasteiger partial charge in [0.05, 0.1) is 11.0 Å². The second-order valence-corrected chi connectivity index (χ2v) is 3.34. The molecule has 2 amide bonds.